The molecular weight excluding hydrogens is 356 g/mol. The van der Waals surface area contributed by atoms with Crippen molar-refractivity contribution in [2.24, 2.45) is 5.92 Å². The van der Waals surface area contributed by atoms with Gasteiger partial charge in [0, 0.05) is 0 Å². The fourth-order valence-electron chi connectivity index (χ4n) is 4.44. The number of rotatable bonds is 9. The maximum absolute atomic E-state index is 12.4. The molecular formula is C27H36O2. The zero-order valence-corrected chi connectivity index (χ0v) is 18.2. The number of benzene rings is 2. The maximum Gasteiger partial charge on any atom is 0.343 e. The normalized spacial score (nSPS) is 19.1. The fraction of sp³-hybridized carbons (Fsp3) is 0.519. The molecule has 0 radical (unpaired) electrons. The zero-order chi connectivity index (χ0) is 20.5. The lowest BCUT2D eigenvalue weighted by molar-refractivity contribution is 0.0734. The van der Waals surface area contributed by atoms with Crippen LogP contribution < -0.4 is 4.74 Å². The number of hydrogen-bond acceptors (Lipinski definition) is 2. The first-order chi connectivity index (χ1) is 14.2. The highest BCUT2D eigenvalue weighted by Crippen LogP contribution is 2.38. The molecule has 3 rings (SSSR count). The van der Waals surface area contributed by atoms with Gasteiger partial charge in [-0.15, -0.1) is 0 Å². The zero-order valence-electron chi connectivity index (χ0n) is 18.2. The van der Waals surface area contributed by atoms with Gasteiger partial charge in [-0.05, 0) is 85.8 Å². The van der Waals surface area contributed by atoms with Crippen LogP contribution >= 0.6 is 0 Å². The molecule has 1 saturated carbocycles. The number of ether oxygens (including phenoxy) is 1. The van der Waals surface area contributed by atoms with Crippen LogP contribution in [0.5, 0.6) is 5.75 Å². The Bertz CT molecular complexity index is 737. The predicted molar refractivity (Wildman–Crippen MR) is 121 cm³/mol. The Morgan fingerprint density at radius 1 is 0.862 bits per heavy atom. The molecule has 1 fully saturated rings. The lowest BCUT2D eigenvalue weighted by atomic mass is 9.77. The standard InChI is InChI=1S/C27H36O2/c1-3-5-7-21-9-13-23(14-10-21)24-17-19-26(20-18-24)29-27(28)25-15-11-22(12-16-25)8-6-4-2/h11-12,15-21,23H,3-10,13-14H2,1-2H3. The fourth-order valence-corrected chi connectivity index (χ4v) is 4.44. The number of hydrogen-bond donors (Lipinski definition) is 0. The molecule has 0 saturated heterocycles. The number of aryl methyl sites for hydroxylation is 1. The van der Waals surface area contributed by atoms with Crippen LogP contribution in [0.25, 0.3) is 0 Å². The van der Waals surface area contributed by atoms with Crippen molar-refractivity contribution >= 4 is 5.97 Å². The van der Waals surface area contributed by atoms with Gasteiger partial charge in [-0.1, -0.05) is 63.8 Å². The summed E-state index contributed by atoms with van der Waals surface area (Å²) in [4.78, 5) is 12.4. The van der Waals surface area contributed by atoms with E-state index in [-0.39, 0.29) is 5.97 Å². The first-order valence-electron chi connectivity index (χ1n) is 11.6. The average Bonchev–Trinajstić information content (AvgIpc) is 2.77. The first kappa shape index (κ1) is 21.6. The molecule has 2 nitrogen and oxygen atoms in total. The Labute approximate surface area is 176 Å². The minimum atomic E-state index is -0.281. The largest absolute Gasteiger partial charge is 0.423 e. The summed E-state index contributed by atoms with van der Waals surface area (Å²) in [6.45, 7) is 4.47. The molecule has 0 atom stereocenters. The SMILES string of the molecule is CCCCc1ccc(C(=O)Oc2ccc(C3CCC(CCCC)CC3)cc2)cc1. The number of esters is 1. The average molecular weight is 393 g/mol. The van der Waals surface area contributed by atoms with Crippen molar-refractivity contribution in [1.29, 1.82) is 0 Å². The molecule has 0 amide bonds. The highest BCUT2D eigenvalue weighted by atomic mass is 16.5. The summed E-state index contributed by atoms with van der Waals surface area (Å²) in [5.41, 5.74) is 3.27. The van der Waals surface area contributed by atoms with Crippen LogP contribution in [-0.4, -0.2) is 5.97 Å². The van der Waals surface area contributed by atoms with Crippen molar-refractivity contribution in [3.8, 4) is 5.75 Å². The van der Waals surface area contributed by atoms with Crippen molar-refractivity contribution < 1.29 is 9.53 Å². The third-order valence-corrected chi connectivity index (χ3v) is 6.38. The van der Waals surface area contributed by atoms with Gasteiger partial charge >= 0.3 is 5.97 Å². The van der Waals surface area contributed by atoms with Gasteiger partial charge in [0.2, 0.25) is 0 Å². The summed E-state index contributed by atoms with van der Waals surface area (Å²) in [7, 11) is 0. The summed E-state index contributed by atoms with van der Waals surface area (Å²) in [6, 6.07) is 16.0. The van der Waals surface area contributed by atoms with E-state index >= 15 is 0 Å². The first-order valence-corrected chi connectivity index (χ1v) is 11.6. The van der Waals surface area contributed by atoms with Crippen molar-refractivity contribution in [2.75, 3.05) is 0 Å². The molecule has 0 unspecified atom stereocenters. The van der Waals surface area contributed by atoms with Crippen LogP contribution in [0, 0.1) is 5.92 Å². The summed E-state index contributed by atoms with van der Waals surface area (Å²) in [5, 5.41) is 0. The summed E-state index contributed by atoms with van der Waals surface area (Å²) < 4.78 is 5.59. The number of unbranched alkanes of at least 4 members (excludes halogenated alkanes) is 2. The molecule has 1 aliphatic rings. The number of carbonyl (C=O) groups is 1. The van der Waals surface area contributed by atoms with Gasteiger partial charge in [-0.25, -0.2) is 4.79 Å². The van der Waals surface area contributed by atoms with Gasteiger partial charge in [-0.3, -0.25) is 0 Å². The van der Waals surface area contributed by atoms with E-state index in [1.165, 1.54) is 68.9 Å². The van der Waals surface area contributed by atoms with E-state index in [0.717, 1.165) is 12.3 Å². The minimum absolute atomic E-state index is 0.281. The van der Waals surface area contributed by atoms with E-state index in [9.17, 15) is 4.79 Å². The van der Waals surface area contributed by atoms with Crippen LogP contribution in [0.1, 0.15) is 99.0 Å². The Balaban J connectivity index is 1.51. The third kappa shape index (κ3) is 6.45. The minimum Gasteiger partial charge on any atom is -0.423 e. The molecule has 29 heavy (non-hydrogen) atoms. The van der Waals surface area contributed by atoms with Crippen molar-refractivity contribution in [2.45, 2.75) is 84.0 Å². The summed E-state index contributed by atoms with van der Waals surface area (Å²) in [5.74, 6) is 1.94. The number of carbonyl (C=O) groups excluding carboxylic acids is 1. The molecule has 0 aliphatic heterocycles. The van der Waals surface area contributed by atoms with Gasteiger partial charge in [0.1, 0.15) is 5.75 Å². The van der Waals surface area contributed by atoms with Gasteiger partial charge in [0.25, 0.3) is 0 Å². The smallest absolute Gasteiger partial charge is 0.343 e. The van der Waals surface area contributed by atoms with Gasteiger partial charge in [-0.2, -0.15) is 0 Å². The van der Waals surface area contributed by atoms with Gasteiger partial charge < -0.3 is 4.74 Å². The monoisotopic (exact) mass is 392 g/mol. The Morgan fingerprint density at radius 3 is 2.14 bits per heavy atom. The topological polar surface area (TPSA) is 26.3 Å². The molecule has 156 valence electrons. The highest BCUT2D eigenvalue weighted by molar-refractivity contribution is 5.91. The van der Waals surface area contributed by atoms with Crippen LogP contribution in [0.3, 0.4) is 0 Å². The second-order valence-electron chi connectivity index (χ2n) is 8.62. The highest BCUT2D eigenvalue weighted by Gasteiger charge is 2.22. The van der Waals surface area contributed by atoms with E-state index in [4.69, 9.17) is 4.74 Å². The quantitative estimate of drug-likeness (QED) is 0.322. The molecule has 2 heteroatoms. The molecule has 0 N–H and O–H groups in total. The Kier molecular flexibility index (Phi) is 8.34. The van der Waals surface area contributed by atoms with E-state index in [0.29, 0.717) is 17.2 Å². The second-order valence-corrected chi connectivity index (χ2v) is 8.62. The van der Waals surface area contributed by atoms with E-state index in [2.05, 4.69) is 26.0 Å². The molecule has 2 aromatic rings. The third-order valence-electron chi connectivity index (χ3n) is 6.38. The maximum atomic E-state index is 12.4. The molecule has 0 bridgehead atoms. The summed E-state index contributed by atoms with van der Waals surface area (Å²) >= 11 is 0. The van der Waals surface area contributed by atoms with Gasteiger partial charge in [0.15, 0.2) is 0 Å². The van der Waals surface area contributed by atoms with Crippen molar-refractivity contribution in [3.05, 3.63) is 65.2 Å². The van der Waals surface area contributed by atoms with E-state index in [1.54, 1.807) is 0 Å². The van der Waals surface area contributed by atoms with Crippen molar-refractivity contribution in [1.82, 2.24) is 0 Å². The van der Waals surface area contributed by atoms with Crippen molar-refractivity contribution in [3.63, 3.8) is 0 Å². The van der Waals surface area contributed by atoms with Crippen LogP contribution in [0.15, 0.2) is 48.5 Å². The van der Waals surface area contributed by atoms with Crippen LogP contribution in [-0.2, 0) is 6.42 Å². The lowest BCUT2D eigenvalue weighted by Crippen LogP contribution is -2.13. The Hall–Kier alpha value is -2.09. The van der Waals surface area contributed by atoms with E-state index < -0.39 is 0 Å². The Morgan fingerprint density at radius 2 is 1.52 bits per heavy atom. The predicted octanol–water partition coefficient (Wildman–Crippen LogP) is 7.71. The van der Waals surface area contributed by atoms with Gasteiger partial charge in [0.05, 0.1) is 5.56 Å². The second kappa shape index (κ2) is 11.2. The molecule has 0 spiro atoms. The lowest BCUT2D eigenvalue weighted by Gasteiger charge is -2.28. The molecule has 0 aromatic heterocycles. The molecule has 1 aliphatic carbocycles. The van der Waals surface area contributed by atoms with E-state index in [1.807, 2.05) is 36.4 Å². The molecule has 0 heterocycles. The summed E-state index contributed by atoms with van der Waals surface area (Å²) in [6.07, 6.45) is 12.8. The van der Waals surface area contributed by atoms with Crippen LogP contribution in [0.4, 0.5) is 0 Å². The molecule has 2 aromatic carbocycles. The van der Waals surface area contributed by atoms with Crippen LogP contribution in [0.2, 0.25) is 0 Å².